The first-order valence-corrected chi connectivity index (χ1v) is 10.8. The van der Waals surface area contributed by atoms with E-state index in [1.54, 1.807) is 6.20 Å². The molecule has 2 aliphatic rings. The number of piperidine rings is 1. The van der Waals surface area contributed by atoms with Gasteiger partial charge >= 0.3 is 0 Å². The number of carbonyl (C=O) groups excluding carboxylic acids is 1. The van der Waals surface area contributed by atoms with E-state index in [4.69, 9.17) is 0 Å². The molecule has 1 aromatic carbocycles. The van der Waals surface area contributed by atoms with Crippen LogP contribution >= 0.6 is 0 Å². The lowest BCUT2D eigenvalue weighted by atomic mass is 9.86. The lowest BCUT2D eigenvalue weighted by Crippen LogP contribution is -2.56. The van der Waals surface area contributed by atoms with Gasteiger partial charge in [0, 0.05) is 69.1 Å². The van der Waals surface area contributed by atoms with Crippen molar-refractivity contribution in [3.63, 3.8) is 0 Å². The summed E-state index contributed by atoms with van der Waals surface area (Å²) < 4.78 is 0. The van der Waals surface area contributed by atoms with E-state index in [-0.39, 0.29) is 12.5 Å². The number of likely N-dealkylation sites (N-methyl/N-ethyl adjacent to an activating group) is 1. The summed E-state index contributed by atoms with van der Waals surface area (Å²) in [4.78, 5) is 24.6. The van der Waals surface area contributed by atoms with Crippen molar-refractivity contribution in [2.45, 2.75) is 25.3 Å². The highest BCUT2D eigenvalue weighted by atomic mass is 16.3. The quantitative estimate of drug-likeness (QED) is 0.839. The van der Waals surface area contributed by atoms with Crippen LogP contribution in [-0.4, -0.2) is 89.7 Å². The summed E-state index contributed by atoms with van der Waals surface area (Å²) in [6, 6.07) is 10.3. The summed E-state index contributed by atoms with van der Waals surface area (Å²) in [5, 5.41) is 10.4. The molecule has 156 valence electrons. The molecule has 0 spiro atoms. The van der Waals surface area contributed by atoms with E-state index in [1.807, 2.05) is 35.2 Å². The molecule has 0 unspecified atom stereocenters. The number of pyridine rings is 1. The number of benzene rings is 1. The van der Waals surface area contributed by atoms with Gasteiger partial charge in [-0.05, 0) is 50.4 Å². The minimum absolute atomic E-state index is 0.100. The average Bonchev–Trinajstić information content (AvgIpc) is 2.77. The summed E-state index contributed by atoms with van der Waals surface area (Å²) in [6.45, 7) is 6.20. The highest BCUT2D eigenvalue weighted by Gasteiger charge is 2.35. The third-order valence-corrected chi connectivity index (χ3v) is 6.57. The number of carbonyl (C=O) groups is 1. The molecule has 0 saturated carbocycles. The molecule has 0 bridgehead atoms. The highest BCUT2D eigenvalue weighted by molar-refractivity contribution is 5.97. The fourth-order valence-electron chi connectivity index (χ4n) is 4.86. The topological polar surface area (TPSA) is 59.9 Å². The van der Waals surface area contributed by atoms with Crippen LogP contribution in [0.25, 0.3) is 10.9 Å². The molecule has 0 radical (unpaired) electrons. The van der Waals surface area contributed by atoms with Crippen LogP contribution < -0.4 is 0 Å². The van der Waals surface area contributed by atoms with Crippen LogP contribution in [-0.2, 0) is 0 Å². The molecule has 2 aliphatic heterocycles. The van der Waals surface area contributed by atoms with E-state index in [0.29, 0.717) is 12.0 Å². The zero-order chi connectivity index (χ0) is 20.2. The maximum atomic E-state index is 13.2. The van der Waals surface area contributed by atoms with E-state index >= 15 is 0 Å². The lowest BCUT2D eigenvalue weighted by molar-refractivity contribution is 0.0218. The SMILES string of the molecule is CN1CCN([C@H]2CCN(C(=O)c3ccc4cccnc4c3)C[C@H]2CCCO)CC1. The van der Waals surface area contributed by atoms with Crippen molar-refractivity contribution in [3.05, 3.63) is 42.1 Å². The number of likely N-dealkylation sites (tertiary alicyclic amines) is 1. The molecule has 29 heavy (non-hydrogen) atoms. The first-order valence-electron chi connectivity index (χ1n) is 10.8. The van der Waals surface area contributed by atoms with Crippen LogP contribution in [0.3, 0.4) is 0 Å². The van der Waals surface area contributed by atoms with E-state index < -0.39 is 0 Å². The molecule has 3 heterocycles. The van der Waals surface area contributed by atoms with Crippen molar-refractivity contribution in [2.24, 2.45) is 5.92 Å². The second-order valence-electron chi connectivity index (χ2n) is 8.48. The smallest absolute Gasteiger partial charge is 0.253 e. The fraction of sp³-hybridized carbons (Fsp3) is 0.565. The van der Waals surface area contributed by atoms with Crippen LogP contribution in [0.15, 0.2) is 36.5 Å². The molecule has 2 fully saturated rings. The molecule has 6 nitrogen and oxygen atoms in total. The van der Waals surface area contributed by atoms with E-state index in [1.165, 1.54) is 0 Å². The predicted octanol–water partition coefficient (Wildman–Crippen LogP) is 2.09. The molecular formula is C23H32N4O2. The summed E-state index contributed by atoms with van der Waals surface area (Å²) in [5.74, 6) is 0.519. The van der Waals surface area contributed by atoms with Gasteiger partial charge in [-0.3, -0.25) is 14.7 Å². The van der Waals surface area contributed by atoms with Gasteiger partial charge in [0.15, 0.2) is 0 Å². The Bertz CT molecular complexity index is 834. The van der Waals surface area contributed by atoms with E-state index in [0.717, 1.165) is 75.0 Å². The third-order valence-electron chi connectivity index (χ3n) is 6.57. The second-order valence-corrected chi connectivity index (χ2v) is 8.48. The monoisotopic (exact) mass is 396 g/mol. The number of amides is 1. The van der Waals surface area contributed by atoms with Crippen molar-refractivity contribution in [1.29, 1.82) is 0 Å². The van der Waals surface area contributed by atoms with Crippen molar-refractivity contribution < 1.29 is 9.90 Å². The molecule has 2 aromatic rings. The first kappa shape index (κ1) is 20.3. The summed E-state index contributed by atoms with van der Waals surface area (Å²) >= 11 is 0. The molecule has 1 N–H and O–H groups in total. The van der Waals surface area contributed by atoms with Crippen molar-refractivity contribution in [1.82, 2.24) is 19.7 Å². The molecule has 2 saturated heterocycles. The summed E-state index contributed by atoms with van der Waals surface area (Å²) in [5.41, 5.74) is 1.58. The number of rotatable bonds is 5. The van der Waals surface area contributed by atoms with Gasteiger partial charge in [-0.15, -0.1) is 0 Å². The molecular weight excluding hydrogens is 364 g/mol. The second kappa shape index (κ2) is 9.20. The number of aliphatic hydroxyl groups excluding tert-OH is 1. The van der Waals surface area contributed by atoms with Crippen LogP contribution in [0.1, 0.15) is 29.6 Å². The van der Waals surface area contributed by atoms with Gasteiger partial charge in [0.05, 0.1) is 5.52 Å². The normalized spacial score (nSPS) is 24.1. The van der Waals surface area contributed by atoms with Gasteiger partial charge in [0.2, 0.25) is 0 Å². The first-order chi connectivity index (χ1) is 14.2. The Hall–Kier alpha value is -2.02. The Balaban J connectivity index is 1.47. The minimum Gasteiger partial charge on any atom is -0.396 e. The Morgan fingerprint density at radius 1 is 1.17 bits per heavy atom. The van der Waals surface area contributed by atoms with Gasteiger partial charge < -0.3 is 14.9 Å². The highest BCUT2D eigenvalue weighted by Crippen LogP contribution is 2.28. The number of aromatic nitrogens is 1. The molecule has 1 amide bonds. The Morgan fingerprint density at radius 2 is 2.00 bits per heavy atom. The largest absolute Gasteiger partial charge is 0.396 e. The van der Waals surface area contributed by atoms with Crippen molar-refractivity contribution in [3.8, 4) is 0 Å². The Morgan fingerprint density at radius 3 is 2.79 bits per heavy atom. The summed E-state index contributed by atoms with van der Waals surface area (Å²) in [6.07, 6.45) is 4.55. The van der Waals surface area contributed by atoms with Crippen LogP contribution in [0.5, 0.6) is 0 Å². The predicted molar refractivity (Wildman–Crippen MR) is 115 cm³/mol. The number of aliphatic hydroxyl groups is 1. The Kier molecular flexibility index (Phi) is 6.43. The van der Waals surface area contributed by atoms with Crippen LogP contribution in [0.2, 0.25) is 0 Å². The van der Waals surface area contributed by atoms with Crippen molar-refractivity contribution in [2.75, 3.05) is 52.9 Å². The Labute approximate surface area is 173 Å². The van der Waals surface area contributed by atoms with Crippen LogP contribution in [0, 0.1) is 5.92 Å². The maximum absolute atomic E-state index is 13.2. The maximum Gasteiger partial charge on any atom is 0.253 e. The van der Waals surface area contributed by atoms with E-state index in [2.05, 4.69) is 21.8 Å². The van der Waals surface area contributed by atoms with E-state index in [9.17, 15) is 9.90 Å². The molecule has 6 heteroatoms. The third kappa shape index (κ3) is 4.60. The van der Waals surface area contributed by atoms with Gasteiger partial charge in [-0.2, -0.15) is 0 Å². The fourth-order valence-corrected chi connectivity index (χ4v) is 4.86. The molecule has 0 aliphatic carbocycles. The van der Waals surface area contributed by atoms with Gasteiger partial charge in [0.1, 0.15) is 0 Å². The standard InChI is InChI=1S/C23H32N4O2/c1-25-11-13-26(14-12-25)22-8-10-27(17-20(22)5-3-15-28)23(29)19-7-6-18-4-2-9-24-21(18)16-19/h2,4,6-7,9,16,20,22,28H,3,5,8,10-15,17H2,1H3/t20-,22+/m1/s1. The summed E-state index contributed by atoms with van der Waals surface area (Å²) in [7, 11) is 2.18. The van der Waals surface area contributed by atoms with Crippen molar-refractivity contribution >= 4 is 16.8 Å². The zero-order valence-corrected chi connectivity index (χ0v) is 17.3. The molecule has 1 aromatic heterocycles. The number of hydrogen-bond acceptors (Lipinski definition) is 5. The van der Waals surface area contributed by atoms with Crippen LogP contribution in [0.4, 0.5) is 0 Å². The van der Waals surface area contributed by atoms with Gasteiger partial charge in [0.25, 0.3) is 5.91 Å². The molecule has 2 atom stereocenters. The number of hydrogen-bond donors (Lipinski definition) is 1. The van der Waals surface area contributed by atoms with Gasteiger partial charge in [-0.1, -0.05) is 12.1 Å². The number of fused-ring (bicyclic) bond motifs is 1. The lowest BCUT2D eigenvalue weighted by Gasteiger charge is -2.46. The average molecular weight is 397 g/mol. The van der Waals surface area contributed by atoms with Gasteiger partial charge in [-0.25, -0.2) is 0 Å². The molecule has 4 rings (SSSR count). The minimum atomic E-state index is 0.100. The number of nitrogens with zero attached hydrogens (tertiary/aromatic N) is 4. The number of piperazine rings is 1. The zero-order valence-electron chi connectivity index (χ0n) is 17.3.